The zero-order valence-electron chi connectivity index (χ0n) is 17.3. The molecule has 0 bridgehead atoms. The molecule has 0 unspecified atom stereocenters. The first-order valence-corrected chi connectivity index (χ1v) is 10.3. The van der Waals surface area contributed by atoms with Crippen molar-refractivity contribution in [3.8, 4) is 0 Å². The van der Waals surface area contributed by atoms with Crippen molar-refractivity contribution in [1.82, 2.24) is 9.47 Å². The quantitative estimate of drug-likeness (QED) is 0.511. The van der Waals surface area contributed by atoms with Gasteiger partial charge in [-0.3, -0.25) is 14.5 Å². The van der Waals surface area contributed by atoms with Crippen molar-refractivity contribution in [2.24, 2.45) is 0 Å². The maximum Gasteiger partial charge on any atom is 0.307 e. The molecule has 1 fully saturated rings. The number of esters is 1. The van der Waals surface area contributed by atoms with E-state index in [0.717, 1.165) is 53.8 Å². The molecule has 6 nitrogen and oxygen atoms in total. The van der Waals surface area contributed by atoms with Crippen molar-refractivity contribution >= 4 is 29.0 Å². The summed E-state index contributed by atoms with van der Waals surface area (Å²) >= 11 is 6.31. The molecule has 7 heteroatoms. The number of aryl methyl sites for hydroxylation is 1. The number of methoxy groups -OCH3 is 1. The first-order chi connectivity index (χ1) is 13.9. The van der Waals surface area contributed by atoms with Crippen molar-refractivity contribution in [2.75, 3.05) is 44.7 Å². The van der Waals surface area contributed by atoms with Crippen molar-refractivity contribution in [3.63, 3.8) is 0 Å². The first-order valence-electron chi connectivity index (χ1n) is 9.89. The number of halogens is 1. The normalized spacial score (nSPS) is 14.8. The van der Waals surface area contributed by atoms with Gasteiger partial charge in [-0.05, 0) is 32.0 Å². The van der Waals surface area contributed by atoms with E-state index < -0.39 is 0 Å². The van der Waals surface area contributed by atoms with Crippen LogP contribution in [0.4, 0.5) is 5.69 Å². The van der Waals surface area contributed by atoms with Crippen LogP contribution in [0.15, 0.2) is 30.3 Å². The van der Waals surface area contributed by atoms with Crippen molar-refractivity contribution in [2.45, 2.75) is 26.8 Å². The fourth-order valence-corrected chi connectivity index (χ4v) is 4.13. The van der Waals surface area contributed by atoms with Gasteiger partial charge < -0.3 is 14.2 Å². The highest BCUT2D eigenvalue weighted by molar-refractivity contribution is 6.33. The Morgan fingerprint density at radius 3 is 2.45 bits per heavy atom. The predicted molar refractivity (Wildman–Crippen MR) is 115 cm³/mol. The number of hydrogen-bond acceptors (Lipinski definition) is 5. The van der Waals surface area contributed by atoms with Gasteiger partial charge in [0.15, 0.2) is 5.78 Å². The summed E-state index contributed by atoms with van der Waals surface area (Å²) in [5, 5.41) is 0.761. The second kappa shape index (κ2) is 9.46. The van der Waals surface area contributed by atoms with E-state index in [4.69, 9.17) is 16.3 Å². The molecule has 0 radical (unpaired) electrons. The lowest BCUT2D eigenvalue weighted by molar-refractivity contribution is -0.140. The Balaban J connectivity index is 1.59. The number of hydrogen-bond donors (Lipinski definition) is 0. The lowest BCUT2D eigenvalue weighted by atomic mass is 10.1. The number of rotatable bonds is 7. The van der Waals surface area contributed by atoms with E-state index in [1.54, 1.807) is 0 Å². The molecule has 0 amide bonds. The number of aromatic nitrogens is 1. The Hall–Kier alpha value is -2.31. The van der Waals surface area contributed by atoms with Crippen LogP contribution in [0.5, 0.6) is 0 Å². The van der Waals surface area contributed by atoms with Crippen LogP contribution < -0.4 is 4.90 Å². The summed E-state index contributed by atoms with van der Waals surface area (Å²) in [6, 6.07) is 9.79. The average molecular weight is 418 g/mol. The van der Waals surface area contributed by atoms with Crippen LogP contribution in [0.2, 0.25) is 5.02 Å². The highest BCUT2D eigenvalue weighted by atomic mass is 35.5. The molecule has 0 saturated carbocycles. The van der Waals surface area contributed by atoms with Gasteiger partial charge in [-0.25, -0.2) is 0 Å². The van der Waals surface area contributed by atoms with E-state index in [1.807, 2.05) is 48.7 Å². The molecule has 0 N–H and O–H groups in total. The van der Waals surface area contributed by atoms with E-state index >= 15 is 0 Å². The summed E-state index contributed by atoms with van der Waals surface area (Å²) in [5.41, 5.74) is 3.68. The van der Waals surface area contributed by atoms with Gasteiger partial charge in [0.1, 0.15) is 0 Å². The number of ketones is 1. The number of benzene rings is 1. The van der Waals surface area contributed by atoms with E-state index in [0.29, 0.717) is 19.5 Å². The number of para-hydroxylation sites is 1. The summed E-state index contributed by atoms with van der Waals surface area (Å²) in [6.45, 7) is 8.14. The molecule has 29 heavy (non-hydrogen) atoms. The van der Waals surface area contributed by atoms with Gasteiger partial charge in [0.25, 0.3) is 0 Å². The van der Waals surface area contributed by atoms with Crippen LogP contribution in [-0.2, 0) is 16.1 Å². The SMILES string of the molecule is COC(=O)CCn1c(C)cc(C(=O)CN2CCN(c3ccccc3Cl)CC2)c1C. The third-order valence-electron chi connectivity index (χ3n) is 5.57. The Labute approximate surface area is 177 Å². The predicted octanol–water partition coefficient (Wildman–Crippen LogP) is 3.33. The van der Waals surface area contributed by atoms with Crippen LogP contribution in [-0.4, -0.2) is 61.1 Å². The van der Waals surface area contributed by atoms with Crippen molar-refractivity contribution in [3.05, 3.63) is 52.3 Å². The largest absolute Gasteiger partial charge is 0.469 e. The minimum Gasteiger partial charge on any atom is -0.469 e. The third-order valence-corrected chi connectivity index (χ3v) is 5.89. The standard InChI is InChI=1S/C22H28ClN3O3/c1-16-14-18(17(2)26(16)9-8-22(28)29-3)21(27)15-24-10-12-25(13-11-24)20-7-5-4-6-19(20)23/h4-7,14H,8-13,15H2,1-3H3. The summed E-state index contributed by atoms with van der Waals surface area (Å²) in [7, 11) is 1.39. The van der Waals surface area contributed by atoms with Gasteiger partial charge in [-0.1, -0.05) is 23.7 Å². The molecular formula is C22H28ClN3O3. The van der Waals surface area contributed by atoms with Crippen LogP contribution in [0.25, 0.3) is 0 Å². The molecule has 1 aromatic carbocycles. The number of carbonyl (C=O) groups excluding carboxylic acids is 2. The average Bonchev–Trinajstić information content (AvgIpc) is 3.01. The summed E-state index contributed by atoms with van der Waals surface area (Å²) in [6.07, 6.45) is 0.296. The highest BCUT2D eigenvalue weighted by Crippen LogP contribution is 2.26. The smallest absolute Gasteiger partial charge is 0.307 e. The molecule has 1 aliphatic heterocycles. The summed E-state index contributed by atoms with van der Waals surface area (Å²) in [4.78, 5) is 28.8. The van der Waals surface area contributed by atoms with Gasteiger partial charge in [-0.15, -0.1) is 0 Å². The third kappa shape index (κ3) is 5.00. The maximum atomic E-state index is 12.9. The molecule has 1 aliphatic rings. The first kappa shape index (κ1) is 21.4. The minimum absolute atomic E-state index is 0.119. The second-order valence-electron chi connectivity index (χ2n) is 7.40. The monoisotopic (exact) mass is 417 g/mol. The Morgan fingerprint density at radius 1 is 1.10 bits per heavy atom. The second-order valence-corrected chi connectivity index (χ2v) is 7.81. The van der Waals surface area contributed by atoms with E-state index in [9.17, 15) is 9.59 Å². The Kier molecular flexibility index (Phi) is 6.98. The molecule has 1 saturated heterocycles. The zero-order chi connectivity index (χ0) is 21.0. The minimum atomic E-state index is -0.248. The fourth-order valence-electron chi connectivity index (χ4n) is 3.88. The van der Waals surface area contributed by atoms with E-state index in [-0.39, 0.29) is 11.8 Å². The molecule has 3 rings (SSSR count). The number of piperazine rings is 1. The molecule has 2 aromatic rings. The maximum absolute atomic E-state index is 12.9. The fraction of sp³-hybridized carbons (Fsp3) is 0.455. The Morgan fingerprint density at radius 2 is 1.79 bits per heavy atom. The highest BCUT2D eigenvalue weighted by Gasteiger charge is 2.23. The van der Waals surface area contributed by atoms with Gasteiger partial charge >= 0.3 is 5.97 Å². The molecule has 156 valence electrons. The Bertz CT molecular complexity index is 885. The molecule has 2 heterocycles. The molecule has 1 aromatic heterocycles. The number of nitrogens with zero attached hydrogens (tertiary/aromatic N) is 3. The zero-order valence-corrected chi connectivity index (χ0v) is 18.0. The number of carbonyl (C=O) groups is 2. The van der Waals surface area contributed by atoms with Crippen LogP contribution in [0, 0.1) is 13.8 Å². The molecular weight excluding hydrogens is 390 g/mol. The van der Waals surface area contributed by atoms with Gasteiger partial charge in [0.05, 0.1) is 30.8 Å². The number of Topliss-reactive ketones (excluding diaryl/α,β-unsaturated/α-hetero) is 1. The number of ether oxygens (including phenoxy) is 1. The molecule has 0 atom stereocenters. The molecule has 0 spiro atoms. The lowest BCUT2D eigenvalue weighted by Gasteiger charge is -2.36. The summed E-state index contributed by atoms with van der Waals surface area (Å²) in [5.74, 6) is -0.129. The number of anilines is 1. The van der Waals surface area contributed by atoms with Crippen LogP contribution in [0.1, 0.15) is 28.2 Å². The van der Waals surface area contributed by atoms with Crippen molar-refractivity contribution < 1.29 is 14.3 Å². The van der Waals surface area contributed by atoms with Crippen LogP contribution >= 0.6 is 11.6 Å². The lowest BCUT2D eigenvalue weighted by Crippen LogP contribution is -2.48. The van der Waals surface area contributed by atoms with Crippen LogP contribution in [0.3, 0.4) is 0 Å². The van der Waals surface area contributed by atoms with E-state index in [1.165, 1.54) is 7.11 Å². The van der Waals surface area contributed by atoms with E-state index in [2.05, 4.69) is 9.80 Å². The molecule has 0 aliphatic carbocycles. The van der Waals surface area contributed by atoms with Gasteiger partial charge in [0, 0.05) is 49.7 Å². The van der Waals surface area contributed by atoms with Gasteiger partial charge in [0.2, 0.25) is 0 Å². The summed E-state index contributed by atoms with van der Waals surface area (Å²) < 4.78 is 6.73. The van der Waals surface area contributed by atoms with Crippen molar-refractivity contribution in [1.29, 1.82) is 0 Å². The van der Waals surface area contributed by atoms with Gasteiger partial charge in [-0.2, -0.15) is 0 Å². The topological polar surface area (TPSA) is 54.8 Å².